The number of hydrogen-bond acceptors (Lipinski definition) is 2. The van der Waals surface area contributed by atoms with E-state index in [1.165, 1.54) is 0 Å². The third kappa shape index (κ3) is 1.26. The first-order valence-corrected chi connectivity index (χ1v) is 2.93. The summed E-state index contributed by atoms with van der Waals surface area (Å²) in [6, 6.07) is 3.49. The zero-order valence-corrected chi connectivity index (χ0v) is 5.76. The predicted octanol–water partition coefficient (Wildman–Crippen LogP) is 0.954. The molecule has 0 aromatic carbocycles. The topological polar surface area (TPSA) is 38.9 Å². The molecule has 1 aromatic rings. The number of rotatable bonds is 0. The van der Waals surface area contributed by atoms with Gasteiger partial charge in [-0.05, 0) is 19.1 Å². The Morgan fingerprint density at radius 3 is 2.80 bits per heavy atom. The van der Waals surface area contributed by atoms with E-state index in [1.54, 1.807) is 6.07 Å². The molecule has 0 bridgehead atoms. The van der Waals surface area contributed by atoms with Crippen LogP contribution < -0.4 is 5.73 Å². The molecule has 0 aliphatic rings. The number of nitrogens with zero attached hydrogens (tertiary/aromatic N) is 1. The van der Waals surface area contributed by atoms with Crippen LogP contribution >= 0.6 is 0 Å². The Balaban J connectivity index is 3.22. The Kier molecular flexibility index (Phi) is 1.59. The van der Waals surface area contributed by atoms with Crippen molar-refractivity contribution in [2.45, 2.75) is 6.92 Å². The van der Waals surface area contributed by atoms with Crippen molar-refractivity contribution in [3.05, 3.63) is 23.4 Å². The van der Waals surface area contributed by atoms with Gasteiger partial charge in [-0.15, -0.1) is 6.42 Å². The third-order valence-electron chi connectivity index (χ3n) is 1.14. The molecule has 0 amide bonds. The van der Waals surface area contributed by atoms with Crippen LogP contribution in [0.1, 0.15) is 11.3 Å². The number of pyridine rings is 1. The minimum atomic E-state index is 0.480. The van der Waals surface area contributed by atoms with Gasteiger partial charge in [0, 0.05) is 11.3 Å². The highest BCUT2D eigenvalue weighted by Crippen LogP contribution is 2.04. The SMILES string of the molecule is C#Cc1cc(C)nc(N)c1. The molecule has 50 valence electrons. The first-order valence-electron chi connectivity index (χ1n) is 2.93. The van der Waals surface area contributed by atoms with Crippen molar-refractivity contribution < 1.29 is 0 Å². The molecule has 0 spiro atoms. The van der Waals surface area contributed by atoms with E-state index in [-0.39, 0.29) is 0 Å². The van der Waals surface area contributed by atoms with Crippen LogP contribution in [0.5, 0.6) is 0 Å². The van der Waals surface area contributed by atoms with Crippen LogP contribution in [0, 0.1) is 19.3 Å². The van der Waals surface area contributed by atoms with Gasteiger partial charge in [0.05, 0.1) is 0 Å². The van der Waals surface area contributed by atoms with E-state index in [4.69, 9.17) is 12.2 Å². The first kappa shape index (κ1) is 6.63. The van der Waals surface area contributed by atoms with E-state index < -0.39 is 0 Å². The lowest BCUT2D eigenvalue weighted by Crippen LogP contribution is -1.92. The Morgan fingerprint density at radius 2 is 2.30 bits per heavy atom. The lowest BCUT2D eigenvalue weighted by Gasteiger charge is -1.95. The second-order valence-corrected chi connectivity index (χ2v) is 2.07. The predicted molar refractivity (Wildman–Crippen MR) is 41.3 cm³/mol. The summed E-state index contributed by atoms with van der Waals surface area (Å²) in [6.07, 6.45) is 5.15. The number of hydrogen-bond donors (Lipinski definition) is 1. The highest BCUT2D eigenvalue weighted by atomic mass is 14.8. The van der Waals surface area contributed by atoms with E-state index in [9.17, 15) is 0 Å². The number of aryl methyl sites for hydroxylation is 1. The van der Waals surface area contributed by atoms with Crippen molar-refractivity contribution >= 4 is 5.82 Å². The molecule has 0 saturated carbocycles. The lowest BCUT2D eigenvalue weighted by atomic mass is 10.2. The van der Waals surface area contributed by atoms with Gasteiger partial charge in [-0.25, -0.2) is 4.98 Å². The summed E-state index contributed by atoms with van der Waals surface area (Å²) in [7, 11) is 0. The summed E-state index contributed by atoms with van der Waals surface area (Å²) in [5.41, 5.74) is 7.07. The van der Waals surface area contributed by atoms with Crippen LogP contribution in [0.2, 0.25) is 0 Å². The van der Waals surface area contributed by atoms with Crippen LogP contribution in [0.25, 0.3) is 0 Å². The molecule has 0 radical (unpaired) electrons. The van der Waals surface area contributed by atoms with Crippen molar-refractivity contribution in [2.24, 2.45) is 0 Å². The van der Waals surface area contributed by atoms with Crippen LogP contribution in [-0.4, -0.2) is 4.98 Å². The minimum absolute atomic E-state index is 0.480. The highest BCUT2D eigenvalue weighted by Gasteiger charge is 1.91. The van der Waals surface area contributed by atoms with Crippen molar-refractivity contribution in [1.82, 2.24) is 4.98 Å². The van der Waals surface area contributed by atoms with E-state index in [0.29, 0.717) is 5.82 Å². The van der Waals surface area contributed by atoms with Gasteiger partial charge in [0.2, 0.25) is 0 Å². The summed E-state index contributed by atoms with van der Waals surface area (Å²) in [5.74, 6) is 2.97. The van der Waals surface area contributed by atoms with Gasteiger partial charge < -0.3 is 5.73 Å². The fourth-order valence-corrected chi connectivity index (χ4v) is 0.778. The number of aromatic nitrogens is 1. The number of anilines is 1. The van der Waals surface area contributed by atoms with Gasteiger partial charge in [-0.1, -0.05) is 5.92 Å². The quantitative estimate of drug-likeness (QED) is 0.534. The summed E-state index contributed by atoms with van der Waals surface area (Å²) in [4.78, 5) is 3.96. The summed E-state index contributed by atoms with van der Waals surface area (Å²) in [6.45, 7) is 1.86. The van der Waals surface area contributed by atoms with Gasteiger partial charge in [-0.2, -0.15) is 0 Å². The highest BCUT2D eigenvalue weighted by molar-refractivity contribution is 5.42. The maximum Gasteiger partial charge on any atom is 0.124 e. The second kappa shape index (κ2) is 2.40. The molecule has 1 aromatic heterocycles. The molecule has 1 heterocycles. The number of nitrogens with two attached hydrogens (primary N) is 1. The summed E-state index contributed by atoms with van der Waals surface area (Å²) in [5, 5.41) is 0. The minimum Gasteiger partial charge on any atom is -0.384 e. The summed E-state index contributed by atoms with van der Waals surface area (Å²) >= 11 is 0. The van der Waals surface area contributed by atoms with Crippen LogP contribution in [0.15, 0.2) is 12.1 Å². The molecule has 0 atom stereocenters. The second-order valence-electron chi connectivity index (χ2n) is 2.07. The molecule has 10 heavy (non-hydrogen) atoms. The van der Waals surface area contributed by atoms with E-state index >= 15 is 0 Å². The van der Waals surface area contributed by atoms with E-state index in [0.717, 1.165) is 11.3 Å². The Hall–Kier alpha value is -1.49. The van der Waals surface area contributed by atoms with Crippen molar-refractivity contribution in [3.63, 3.8) is 0 Å². The van der Waals surface area contributed by atoms with Crippen LogP contribution in [0.3, 0.4) is 0 Å². The van der Waals surface area contributed by atoms with Crippen LogP contribution in [0.4, 0.5) is 5.82 Å². The summed E-state index contributed by atoms with van der Waals surface area (Å²) < 4.78 is 0. The van der Waals surface area contributed by atoms with Crippen LogP contribution in [-0.2, 0) is 0 Å². The first-order chi connectivity index (χ1) is 4.72. The maximum atomic E-state index is 5.43. The number of nitrogen functional groups attached to an aromatic ring is 1. The van der Waals surface area contributed by atoms with Gasteiger partial charge in [0.1, 0.15) is 5.82 Å². The van der Waals surface area contributed by atoms with E-state index in [2.05, 4.69) is 10.9 Å². The molecular weight excluding hydrogens is 124 g/mol. The monoisotopic (exact) mass is 132 g/mol. The molecule has 2 nitrogen and oxygen atoms in total. The molecule has 0 aliphatic heterocycles. The zero-order valence-electron chi connectivity index (χ0n) is 5.76. The maximum absolute atomic E-state index is 5.43. The normalized spacial score (nSPS) is 8.80. The molecule has 0 fully saturated rings. The Morgan fingerprint density at radius 1 is 1.60 bits per heavy atom. The van der Waals surface area contributed by atoms with Gasteiger partial charge in [-0.3, -0.25) is 0 Å². The molecule has 0 saturated heterocycles. The fourth-order valence-electron chi connectivity index (χ4n) is 0.778. The Labute approximate surface area is 60.1 Å². The lowest BCUT2D eigenvalue weighted by molar-refractivity contribution is 1.20. The average molecular weight is 132 g/mol. The van der Waals surface area contributed by atoms with Crippen molar-refractivity contribution in [2.75, 3.05) is 5.73 Å². The molecule has 1 rings (SSSR count). The van der Waals surface area contributed by atoms with E-state index in [1.807, 2.05) is 13.0 Å². The number of terminal acetylenes is 1. The molecule has 0 unspecified atom stereocenters. The third-order valence-corrected chi connectivity index (χ3v) is 1.14. The molecule has 2 N–H and O–H groups in total. The van der Waals surface area contributed by atoms with Crippen molar-refractivity contribution in [3.8, 4) is 12.3 Å². The average Bonchev–Trinajstić information content (AvgIpc) is 1.85. The molecular formula is C8H8N2. The largest absolute Gasteiger partial charge is 0.384 e. The Bertz CT molecular complexity index is 264. The van der Waals surface area contributed by atoms with Gasteiger partial charge >= 0.3 is 0 Å². The standard InChI is InChI=1S/C8H8N2/c1-3-7-4-6(2)10-8(9)5-7/h1,4-5H,2H3,(H2,9,10). The van der Waals surface area contributed by atoms with Gasteiger partial charge in [0.15, 0.2) is 0 Å². The smallest absolute Gasteiger partial charge is 0.124 e. The van der Waals surface area contributed by atoms with Gasteiger partial charge in [0.25, 0.3) is 0 Å². The fraction of sp³-hybridized carbons (Fsp3) is 0.125. The molecule has 0 aliphatic carbocycles. The zero-order chi connectivity index (χ0) is 7.56. The van der Waals surface area contributed by atoms with Crippen molar-refractivity contribution in [1.29, 1.82) is 0 Å². The molecule has 2 heteroatoms.